The molecule has 5 heteroatoms. The molecule has 2 aromatic rings. The monoisotopic (exact) mass is 378 g/mol. The lowest BCUT2D eigenvalue weighted by atomic mass is 9.67. The second-order valence-corrected chi connectivity index (χ2v) is 9.90. The molecule has 3 aliphatic rings. The number of benzene rings is 1. The predicted octanol–water partition coefficient (Wildman–Crippen LogP) is 3.68. The molecule has 0 saturated heterocycles. The molecule has 2 N–H and O–H groups in total. The normalized spacial score (nSPS) is 31.1. The molecule has 148 valence electrons. The van der Waals surface area contributed by atoms with Crippen LogP contribution in [0.2, 0.25) is 0 Å². The van der Waals surface area contributed by atoms with E-state index in [4.69, 9.17) is 5.73 Å². The van der Waals surface area contributed by atoms with Gasteiger partial charge in [0.25, 0.3) is 5.91 Å². The lowest BCUT2D eigenvalue weighted by Gasteiger charge is -2.50. The Bertz CT molecular complexity index is 927. The zero-order valence-corrected chi connectivity index (χ0v) is 17.1. The molecular formula is C23H30N4O. The highest BCUT2D eigenvalue weighted by Crippen LogP contribution is 2.64. The van der Waals surface area contributed by atoms with E-state index < -0.39 is 5.91 Å². The molecule has 3 atom stereocenters. The minimum absolute atomic E-state index is 0.310. The summed E-state index contributed by atoms with van der Waals surface area (Å²) in [5.41, 5.74) is 8.89. The summed E-state index contributed by atoms with van der Waals surface area (Å²) < 4.78 is 2.22. The molecule has 2 aliphatic carbocycles. The van der Waals surface area contributed by atoms with Gasteiger partial charge in [-0.1, -0.05) is 51.1 Å². The summed E-state index contributed by atoms with van der Waals surface area (Å²) >= 11 is 0. The van der Waals surface area contributed by atoms with E-state index in [0.717, 1.165) is 42.6 Å². The number of aromatic nitrogens is 2. The molecule has 1 aromatic carbocycles. The van der Waals surface area contributed by atoms with Crippen molar-refractivity contribution in [1.82, 2.24) is 14.5 Å². The maximum absolute atomic E-state index is 12.2. The van der Waals surface area contributed by atoms with Gasteiger partial charge in [0.15, 0.2) is 5.69 Å². The highest BCUT2D eigenvalue weighted by molar-refractivity contribution is 5.93. The quantitative estimate of drug-likeness (QED) is 0.886. The van der Waals surface area contributed by atoms with Gasteiger partial charge in [-0.3, -0.25) is 9.69 Å². The van der Waals surface area contributed by atoms with E-state index in [1.54, 1.807) is 0 Å². The summed E-state index contributed by atoms with van der Waals surface area (Å²) in [5, 5.41) is 0. The van der Waals surface area contributed by atoms with E-state index in [1.807, 2.05) is 30.3 Å². The van der Waals surface area contributed by atoms with Crippen molar-refractivity contribution in [3.8, 4) is 11.4 Å². The average molecular weight is 379 g/mol. The highest BCUT2D eigenvalue weighted by Gasteiger charge is 2.61. The number of fused-ring (bicyclic) bond motifs is 3. The standard InChI is InChI=1S/C23H30N4O/c1-22(2)16-9-10-23(3,13-16)21(22)26-11-12-27-17(14-26)18(19(24)28)25-20(27)15-7-5-4-6-8-15/h4-8,16,21H,9-14H2,1-3H3,(H2,24,28). The molecule has 0 spiro atoms. The Morgan fingerprint density at radius 2 is 1.93 bits per heavy atom. The van der Waals surface area contributed by atoms with Crippen LogP contribution in [-0.2, 0) is 13.1 Å². The lowest BCUT2D eigenvalue weighted by molar-refractivity contribution is -0.0112. The van der Waals surface area contributed by atoms with Crippen LogP contribution in [0.1, 0.15) is 56.2 Å². The summed E-state index contributed by atoms with van der Waals surface area (Å²) in [4.78, 5) is 19.5. The van der Waals surface area contributed by atoms with Crippen LogP contribution in [0.15, 0.2) is 30.3 Å². The fourth-order valence-corrected chi connectivity index (χ4v) is 6.80. The van der Waals surface area contributed by atoms with Gasteiger partial charge in [0, 0.05) is 31.2 Å². The van der Waals surface area contributed by atoms with Crippen molar-refractivity contribution < 1.29 is 4.79 Å². The van der Waals surface area contributed by atoms with Crippen molar-refractivity contribution in [2.45, 2.75) is 59.2 Å². The van der Waals surface area contributed by atoms with Crippen LogP contribution in [-0.4, -0.2) is 32.9 Å². The Hall–Kier alpha value is -2.14. The van der Waals surface area contributed by atoms with Crippen molar-refractivity contribution in [3.05, 3.63) is 41.7 Å². The molecule has 2 bridgehead atoms. The van der Waals surface area contributed by atoms with Crippen LogP contribution in [0.4, 0.5) is 0 Å². The third-order valence-corrected chi connectivity index (χ3v) is 7.86. The van der Waals surface area contributed by atoms with E-state index in [1.165, 1.54) is 19.3 Å². The molecule has 2 saturated carbocycles. The highest BCUT2D eigenvalue weighted by atomic mass is 16.1. The van der Waals surface area contributed by atoms with Gasteiger partial charge in [-0.25, -0.2) is 4.98 Å². The molecular weight excluding hydrogens is 348 g/mol. The van der Waals surface area contributed by atoms with Gasteiger partial charge in [0.05, 0.1) is 5.69 Å². The predicted molar refractivity (Wildman–Crippen MR) is 110 cm³/mol. The SMILES string of the molecule is CC12CCC(C1)C(C)(C)C2N1CCn2c(-c3ccccc3)nc(C(N)=O)c2C1. The molecule has 5 nitrogen and oxygen atoms in total. The molecule has 1 aliphatic heterocycles. The second kappa shape index (κ2) is 5.93. The van der Waals surface area contributed by atoms with Crippen LogP contribution in [0.3, 0.4) is 0 Å². The van der Waals surface area contributed by atoms with Crippen molar-refractivity contribution >= 4 is 5.91 Å². The molecule has 1 amide bonds. The van der Waals surface area contributed by atoms with E-state index >= 15 is 0 Å². The van der Waals surface area contributed by atoms with Crippen LogP contribution in [0.5, 0.6) is 0 Å². The maximum Gasteiger partial charge on any atom is 0.269 e. The first-order valence-corrected chi connectivity index (χ1v) is 10.5. The van der Waals surface area contributed by atoms with Crippen molar-refractivity contribution in [1.29, 1.82) is 0 Å². The number of amides is 1. The first kappa shape index (κ1) is 17.9. The number of primary amides is 1. The third-order valence-electron chi connectivity index (χ3n) is 7.86. The first-order valence-electron chi connectivity index (χ1n) is 10.5. The third kappa shape index (κ3) is 2.41. The summed E-state index contributed by atoms with van der Waals surface area (Å²) in [7, 11) is 0. The van der Waals surface area contributed by atoms with Crippen LogP contribution >= 0.6 is 0 Å². The zero-order chi connectivity index (χ0) is 19.7. The van der Waals surface area contributed by atoms with E-state index in [2.05, 4.69) is 35.2 Å². The number of hydrogen-bond donors (Lipinski definition) is 1. The fraction of sp³-hybridized carbons (Fsp3) is 0.565. The average Bonchev–Trinajstić information content (AvgIpc) is 3.29. The molecule has 3 unspecified atom stereocenters. The summed E-state index contributed by atoms with van der Waals surface area (Å²) in [5.74, 6) is 1.25. The second-order valence-electron chi connectivity index (χ2n) is 9.90. The Balaban J connectivity index is 1.54. The van der Waals surface area contributed by atoms with E-state index in [9.17, 15) is 4.79 Å². The number of nitrogens with two attached hydrogens (primary N) is 1. The topological polar surface area (TPSA) is 64.2 Å². The summed E-state index contributed by atoms with van der Waals surface area (Å²) in [6.07, 6.45) is 4.01. The summed E-state index contributed by atoms with van der Waals surface area (Å²) in [6, 6.07) is 10.7. The van der Waals surface area contributed by atoms with Gasteiger partial charge in [-0.15, -0.1) is 0 Å². The van der Waals surface area contributed by atoms with Gasteiger partial charge < -0.3 is 10.3 Å². The smallest absolute Gasteiger partial charge is 0.269 e. The molecule has 5 rings (SSSR count). The van der Waals surface area contributed by atoms with Crippen molar-refractivity contribution in [3.63, 3.8) is 0 Å². The van der Waals surface area contributed by atoms with Gasteiger partial charge in [-0.2, -0.15) is 0 Å². The molecule has 1 aromatic heterocycles. The maximum atomic E-state index is 12.2. The minimum Gasteiger partial charge on any atom is -0.364 e. The Labute approximate surface area is 166 Å². The Kier molecular flexibility index (Phi) is 3.80. The Morgan fingerprint density at radius 3 is 2.57 bits per heavy atom. The number of hydrogen-bond acceptors (Lipinski definition) is 3. The van der Waals surface area contributed by atoms with Crippen LogP contribution in [0.25, 0.3) is 11.4 Å². The number of carbonyl (C=O) groups is 1. The van der Waals surface area contributed by atoms with Gasteiger partial charge in [-0.05, 0) is 36.0 Å². The largest absolute Gasteiger partial charge is 0.364 e. The van der Waals surface area contributed by atoms with E-state index in [-0.39, 0.29) is 0 Å². The number of rotatable bonds is 3. The Morgan fingerprint density at radius 1 is 1.18 bits per heavy atom. The number of carbonyl (C=O) groups excluding carboxylic acids is 1. The summed E-state index contributed by atoms with van der Waals surface area (Å²) in [6.45, 7) is 9.98. The fourth-order valence-electron chi connectivity index (χ4n) is 6.80. The molecule has 2 fully saturated rings. The van der Waals surface area contributed by atoms with Gasteiger partial charge in [0.1, 0.15) is 5.82 Å². The zero-order valence-electron chi connectivity index (χ0n) is 17.1. The first-order chi connectivity index (χ1) is 13.3. The molecule has 0 radical (unpaired) electrons. The van der Waals surface area contributed by atoms with Crippen molar-refractivity contribution in [2.75, 3.05) is 6.54 Å². The molecule has 28 heavy (non-hydrogen) atoms. The number of nitrogens with zero attached hydrogens (tertiary/aromatic N) is 3. The van der Waals surface area contributed by atoms with Gasteiger partial charge in [0.2, 0.25) is 0 Å². The van der Waals surface area contributed by atoms with Gasteiger partial charge >= 0.3 is 0 Å². The molecule has 2 heterocycles. The van der Waals surface area contributed by atoms with Crippen molar-refractivity contribution in [2.24, 2.45) is 22.5 Å². The van der Waals surface area contributed by atoms with Crippen LogP contribution < -0.4 is 5.73 Å². The lowest BCUT2D eigenvalue weighted by Crippen LogP contribution is -2.54. The number of imidazole rings is 1. The van der Waals surface area contributed by atoms with E-state index in [0.29, 0.717) is 22.6 Å². The van der Waals surface area contributed by atoms with Crippen LogP contribution in [0, 0.1) is 16.7 Å². The minimum atomic E-state index is -0.425.